The Morgan fingerprint density at radius 2 is 2.05 bits per heavy atom. The minimum atomic E-state index is -0.267. The molecule has 0 unspecified atom stereocenters. The summed E-state index contributed by atoms with van der Waals surface area (Å²) in [6.45, 7) is 3.64. The maximum Gasteiger partial charge on any atom is 0.316 e. The second-order valence-electron chi connectivity index (χ2n) is 4.27. The molecule has 0 radical (unpaired) electrons. The average Bonchev–Trinajstić information content (AvgIpc) is 2.46. The quantitative estimate of drug-likeness (QED) is 0.479. The number of carbonyl (C=O) groups is 1. The first-order valence-electron chi connectivity index (χ1n) is 6.22. The van der Waals surface area contributed by atoms with Gasteiger partial charge in [0, 0.05) is 12.4 Å². The average molecular weight is 289 g/mol. The molecule has 0 saturated heterocycles. The van der Waals surface area contributed by atoms with Crippen molar-refractivity contribution in [3.8, 4) is 11.4 Å². The zero-order chi connectivity index (χ0) is 14.4. The summed E-state index contributed by atoms with van der Waals surface area (Å²) < 4.78 is 5.06. The summed E-state index contributed by atoms with van der Waals surface area (Å²) >= 11 is 1.25. The highest BCUT2D eigenvalue weighted by Gasteiger charge is 2.09. The summed E-state index contributed by atoms with van der Waals surface area (Å²) in [5.74, 6) is -0.0686. The molecule has 0 atom stereocenters. The number of esters is 1. The van der Waals surface area contributed by atoms with E-state index >= 15 is 0 Å². The maximum atomic E-state index is 11.5. The van der Waals surface area contributed by atoms with Gasteiger partial charge in [-0.3, -0.25) is 9.78 Å². The van der Waals surface area contributed by atoms with Crippen LogP contribution in [0.3, 0.4) is 0 Å². The van der Waals surface area contributed by atoms with Crippen LogP contribution in [0, 0.1) is 0 Å². The third-order valence-electron chi connectivity index (χ3n) is 2.25. The number of ether oxygens (including phenoxy) is 1. The molecule has 2 rings (SSSR count). The minimum absolute atomic E-state index is 0.108. The van der Waals surface area contributed by atoms with Gasteiger partial charge in [0.25, 0.3) is 0 Å². The molecule has 0 aliphatic rings. The van der Waals surface area contributed by atoms with Crippen LogP contribution in [-0.2, 0) is 9.53 Å². The van der Waals surface area contributed by atoms with Crippen LogP contribution in [0.5, 0.6) is 0 Å². The van der Waals surface area contributed by atoms with Crippen molar-refractivity contribution in [3.63, 3.8) is 0 Å². The van der Waals surface area contributed by atoms with Crippen molar-refractivity contribution in [1.29, 1.82) is 0 Å². The van der Waals surface area contributed by atoms with Crippen LogP contribution in [0.25, 0.3) is 11.4 Å². The number of aromatic nitrogens is 3. The van der Waals surface area contributed by atoms with Gasteiger partial charge in [-0.2, -0.15) is 0 Å². The second-order valence-corrected chi connectivity index (χ2v) is 5.21. The molecular formula is C14H15N3O2S. The Hall–Kier alpha value is -1.95. The SMILES string of the molecule is CC(C)OC(=O)CSc1nccc(-c2ccccn2)n1. The summed E-state index contributed by atoms with van der Waals surface area (Å²) in [7, 11) is 0. The molecule has 2 heterocycles. The molecule has 2 aromatic rings. The molecule has 0 fully saturated rings. The van der Waals surface area contributed by atoms with Crippen LogP contribution in [0.4, 0.5) is 0 Å². The van der Waals surface area contributed by atoms with E-state index in [0.29, 0.717) is 5.16 Å². The number of rotatable bonds is 5. The van der Waals surface area contributed by atoms with E-state index in [9.17, 15) is 4.79 Å². The first-order valence-corrected chi connectivity index (χ1v) is 7.20. The lowest BCUT2D eigenvalue weighted by Gasteiger charge is -2.07. The highest BCUT2D eigenvalue weighted by molar-refractivity contribution is 7.99. The number of hydrogen-bond donors (Lipinski definition) is 0. The van der Waals surface area contributed by atoms with Crippen molar-refractivity contribution < 1.29 is 9.53 Å². The third kappa shape index (κ3) is 4.31. The number of nitrogens with zero attached hydrogens (tertiary/aromatic N) is 3. The number of hydrogen-bond acceptors (Lipinski definition) is 6. The topological polar surface area (TPSA) is 65.0 Å². The molecule has 0 aliphatic carbocycles. The standard InChI is InChI=1S/C14H15N3O2S/c1-10(2)19-13(18)9-20-14-16-8-6-12(17-14)11-5-3-4-7-15-11/h3-8,10H,9H2,1-2H3. The molecular weight excluding hydrogens is 274 g/mol. The predicted molar refractivity (Wildman–Crippen MR) is 77.2 cm³/mol. The molecule has 0 spiro atoms. The van der Waals surface area contributed by atoms with Gasteiger partial charge < -0.3 is 4.74 Å². The van der Waals surface area contributed by atoms with E-state index in [-0.39, 0.29) is 17.8 Å². The zero-order valence-corrected chi connectivity index (χ0v) is 12.1. The summed E-state index contributed by atoms with van der Waals surface area (Å²) in [4.78, 5) is 24.2. The maximum absolute atomic E-state index is 11.5. The summed E-state index contributed by atoms with van der Waals surface area (Å²) in [5, 5.41) is 0.536. The van der Waals surface area contributed by atoms with Crippen molar-refractivity contribution in [1.82, 2.24) is 15.0 Å². The largest absolute Gasteiger partial charge is 0.462 e. The lowest BCUT2D eigenvalue weighted by atomic mass is 10.3. The van der Waals surface area contributed by atoms with E-state index < -0.39 is 0 Å². The van der Waals surface area contributed by atoms with E-state index in [4.69, 9.17) is 4.74 Å². The van der Waals surface area contributed by atoms with Gasteiger partial charge >= 0.3 is 5.97 Å². The molecule has 0 amide bonds. The predicted octanol–water partition coefficient (Wildman–Crippen LogP) is 2.58. The van der Waals surface area contributed by atoms with E-state index in [0.717, 1.165) is 11.4 Å². The Morgan fingerprint density at radius 1 is 1.20 bits per heavy atom. The van der Waals surface area contributed by atoms with Gasteiger partial charge in [0.2, 0.25) is 0 Å². The van der Waals surface area contributed by atoms with E-state index in [1.165, 1.54) is 11.8 Å². The highest BCUT2D eigenvalue weighted by atomic mass is 32.2. The molecule has 0 bridgehead atoms. The van der Waals surface area contributed by atoms with Crippen LogP contribution < -0.4 is 0 Å². The van der Waals surface area contributed by atoms with Crippen LogP contribution in [0.1, 0.15) is 13.8 Å². The minimum Gasteiger partial charge on any atom is -0.462 e. The monoisotopic (exact) mass is 289 g/mol. The normalized spacial score (nSPS) is 10.6. The fourth-order valence-electron chi connectivity index (χ4n) is 1.49. The fraction of sp³-hybridized carbons (Fsp3) is 0.286. The molecule has 5 nitrogen and oxygen atoms in total. The number of thioether (sulfide) groups is 1. The van der Waals surface area contributed by atoms with E-state index in [2.05, 4.69) is 15.0 Å². The Balaban J connectivity index is 2.02. The molecule has 6 heteroatoms. The molecule has 0 aliphatic heterocycles. The van der Waals surface area contributed by atoms with Crippen LogP contribution in [-0.4, -0.2) is 32.8 Å². The zero-order valence-electron chi connectivity index (χ0n) is 11.3. The van der Waals surface area contributed by atoms with Crippen molar-refractivity contribution in [2.45, 2.75) is 25.1 Å². The number of carbonyl (C=O) groups excluding carboxylic acids is 1. The fourth-order valence-corrected chi connectivity index (χ4v) is 2.10. The highest BCUT2D eigenvalue weighted by Crippen LogP contribution is 2.18. The van der Waals surface area contributed by atoms with Gasteiger partial charge in [0.05, 0.1) is 23.2 Å². The summed E-state index contributed by atoms with van der Waals surface area (Å²) in [6, 6.07) is 7.42. The molecule has 104 valence electrons. The first-order chi connectivity index (χ1) is 9.65. The number of pyridine rings is 1. The lowest BCUT2D eigenvalue weighted by molar-refractivity contribution is -0.144. The van der Waals surface area contributed by atoms with Crippen molar-refractivity contribution in [2.24, 2.45) is 0 Å². The van der Waals surface area contributed by atoms with E-state index in [1.807, 2.05) is 32.0 Å². The molecule has 0 N–H and O–H groups in total. The van der Waals surface area contributed by atoms with Gasteiger partial charge in [-0.1, -0.05) is 17.8 Å². The summed E-state index contributed by atoms with van der Waals surface area (Å²) in [5.41, 5.74) is 1.52. The van der Waals surface area contributed by atoms with Crippen LogP contribution >= 0.6 is 11.8 Å². The molecule has 20 heavy (non-hydrogen) atoms. The van der Waals surface area contributed by atoms with Gasteiger partial charge in [-0.15, -0.1) is 0 Å². The molecule has 2 aromatic heterocycles. The molecule has 0 aromatic carbocycles. The van der Waals surface area contributed by atoms with Crippen molar-refractivity contribution in [3.05, 3.63) is 36.7 Å². The Morgan fingerprint density at radius 3 is 2.75 bits per heavy atom. The van der Waals surface area contributed by atoms with Gasteiger partial charge in [0.15, 0.2) is 5.16 Å². The lowest BCUT2D eigenvalue weighted by Crippen LogP contribution is -2.13. The Bertz CT molecular complexity index is 576. The summed E-state index contributed by atoms with van der Waals surface area (Å²) in [6.07, 6.45) is 3.26. The smallest absolute Gasteiger partial charge is 0.316 e. The molecule has 0 saturated carbocycles. The Labute approximate surface area is 121 Å². The van der Waals surface area contributed by atoms with Gasteiger partial charge in [-0.05, 0) is 32.0 Å². The van der Waals surface area contributed by atoms with Gasteiger partial charge in [0.1, 0.15) is 0 Å². The van der Waals surface area contributed by atoms with Crippen molar-refractivity contribution >= 4 is 17.7 Å². The third-order valence-corrected chi connectivity index (χ3v) is 3.08. The first kappa shape index (κ1) is 14.5. The van der Waals surface area contributed by atoms with E-state index in [1.54, 1.807) is 18.5 Å². The second kappa shape index (κ2) is 7.00. The van der Waals surface area contributed by atoms with Crippen molar-refractivity contribution in [2.75, 3.05) is 5.75 Å². The Kier molecular flexibility index (Phi) is 5.06. The van der Waals surface area contributed by atoms with Crippen LogP contribution in [0.15, 0.2) is 41.8 Å². The van der Waals surface area contributed by atoms with Gasteiger partial charge in [-0.25, -0.2) is 9.97 Å². The van der Waals surface area contributed by atoms with Crippen LogP contribution in [0.2, 0.25) is 0 Å².